The van der Waals surface area contributed by atoms with E-state index < -0.39 is 6.04 Å². The zero-order valence-electron chi connectivity index (χ0n) is 16.3. The minimum Gasteiger partial charge on any atom is -0.376 e. The molecule has 30 heavy (non-hydrogen) atoms. The zero-order valence-corrected chi connectivity index (χ0v) is 17.0. The fourth-order valence-corrected chi connectivity index (χ4v) is 4.31. The number of ether oxygens (including phenoxy) is 1. The number of fused-ring (bicyclic) bond motifs is 3. The van der Waals surface area contributed by atoms with Crippen molar-refractivity contribution in [3.63, 3.8) is 0 Å². The molecule has 0 bridgehead atoms. The van der Waals surface area contributed by atoms with E-state index in [1.165, 1.54) is 0 Å². The van der Waals surface area contributed by atoms with Crippen LogP contribution in [0.3, 0.4) is 0 Å². The third-order valence-electron chi connectivity index (χ3n) is 5.60. The second kappa shape index (κ2) is 7.74. The zero-order chi connectivity index (χ0) is 20.7. The van der Waals surface area contributed by atoms with Crippen molar-refractivity contribution in [2.45, 2.75) is 31.4 Å². The first-order valence-corrected chi connectivity index (χ1v) is 10.4. The average molecular weight is 425 g/mol. The third-order valence-corrected chi connectivity index (χ3v) is 5.85. The third kappa shape index (κ3) is 3.44. The molecule has 8 heteroatoms. The van der Waals surface area contributed by atoms with E-state index in [1.807, 2.05) is 28.8 Å². The number of halogens is 1. The number of imidazole rings is 1. The Morgan fingerprint density at radius 2 is 2.00 bits per heavy atom. The fraction of sp³-hybridized carbons (Fsp3) is 0.318. The van der Waals surface area contributed by atoms with E-state index in [1.54, 1.807) is 29.2 Å². The Hall–Kier alpha value is -2.90. The van der Waals surface area contributed by atoms with Crippen LogP contribution in [0.1, 0.15) is 25.3 Å². The lowest BCUT2D eigenvalue weighted by molar-refractivity contribution is -0.124. The first kappa shape index (κ1) is 19.1. The summed E-state index contributed by atoms with van der Waals surface area (Å²) in [6.07, 6.45) is 1.95. The summed E-state index contributed by atoms with van der Waals surface area (Å²) in [6, 6.07) is 13.9. The summed E-state index contributed by atoms with van der Waals surface area (Å²) in [5, 5.41) is 3.44. The molecular formula is C22H21ClN4O3. The minimum atomic E-state index is -0.638. The molecule has 1 saturated heterocycles. The number of para-hydroxylation sites is 2. The minimum absolute atomic E-state index is 0.00357. The van der Waals surface area contributed by atoms with Crippen molar-refractivity contribution in [3.8, 4) is 0 Å². The monoisotopic (exact) mass is 424 g/mol. The van der Waals surface area contributed by atoms with Gasteiger partial charge < -0.3 is 10.1 Å². The molecular weight excluding hydrogens is 404 g/mol. The van der Waals surface area contributed by atoms with Gasteiger partial charge >= 0.3 is 0 Å². The quantitative estimate of drug-likeness (QED) is 0.676. The maximum atomic E-state index is 13.3. The molecule has 2 aliphatic heterocycles. The van der Waals surface area contributed by atoms with Crippen molar-refractivity contribution in [1.82, 2.24) is 9.55 Å². The van der Waals surface area contributed by atoms with E-state index in [4.69, 9.17) is 16.3 Å². The van der Waals surface area contributed by atoms with Gasteiger partial charge in [0.15, 0.2) is 0 Å². The molecule has 1 aromatic heterocycles. The van der Waals surface area contributed by atoms with Gasteiger partial charge in [-0.2, -0.15) is 0 Å². The molecule has 154 valence electrons. The van der Waals surface area contributed by atoms with Gasteiger partial charge in [0, 0.05) is 17.3 Å². The molecule has 7 nitrogen and oxygen atoms in total. The fourth-order valence-electron chi connectivity index (χ4n) is 4.18. The number of hydrogen-bond acceptors (Lipinski definition) is 4. The van der Waals surface area contributed by atoms with E-state index in [0.717, 1.165) is 30.5 Å². The smallest absolute Gasteiger partial charge is 0.253 e. The Morgan fingerprint density at radius 1 is 1.20 bits per heavy atom. The Morgan fingerprint density at radius 3 is 2.77 bits per heavy atom. The summed E-state index contributed by atoms with van der Waals surface area (Å²) < 4.78 is 7.62. The van der Waals surface area contributed by atoms with Crippen LogP contribution in [0.5, 0.6) is 0 Å². The van der Waals surface area contributed by atoms with Crippen LogP contribution in [0.2, 0.25) is 5.02 Å². The first-order chi connectivity index (χ1) is 14.6. The summed E-state index contributed by atoms with van der Waals surface area (Å²) >= 11 is 5.91. The van der Waals surface area contributed by atoms with Crippen molar-refractivity contribution in [3.05, 3.63) is 53.6 Å². The van der Waals surface area contributed by atoms with Crippen LogP contribution in [0.4, 0.5) is 11.6 Å². The largest absolute Gasteiger partial charge is 0.376 e. The predicted molar refractivity (Wildman–Crippen MR) is 115 cm³/mol. The van der Waals surface area contributed by atoms with Gasteiger partial charge in [-0.25, -0.2) is 4.98 Å². The standard InChI is InChI=1S/C22H21ClN4O3/c23-14-7-9-15(10-8-14)24-20(28)12-19-21(29)26(13-16-4-3-11-30-16)22-25-17-5-1-2-6-18(17)27(19)22/h1-2,5-10,16,19H,3-4,11-13H2,(H,24,28)/t16-,19-/m1/s1. The Kier molecular flexibility index (Phi) is 4.92. The SMILES string of the molecule is O=C(C[C@@H]1C(=O)N(C[C@H]2CCCO2)c2nc3ccccc3n21)Nc1ccc(Cl)cc1. The molecule has 0 unspecified atom stereocenters. The van der Waals surface area contributed by atoms with Gasteiger partial charge in [-0.3, -0.25) is 19.1 Å². The van der Waals surface area contributed by atoms with E-state index in [-0.39, 0.29) is 24.3 Å². The summed E-state index contributed by atoms with van der Waals surface area (Å²) in [4.78, 5) is 32.4. The lowest BCUT2D eigenvalue weighted by atomic mass is 10.1. The van der Waals surface area contributed by atoms with E-state index >= 15 is 0 Å². The summed E-state index contributed by atoms with van der Waals surface area (Å²) in [5.74, 6) is 0.226. The lowest BCUT2D eigenvalue weighted by Crippen LogP contribution is -2.37. The molecule has 2 aliphatic rings. The number of nitrogens with one attached hydrogen (secondary N) is 1. The molecule has 0 radical (unpaired) electrons. The number of rotatable bonds is 5. The maximum Gasteiger partial charge on any atom is 0.253 e. The average Bonchev–Trinajstić information content (AvgIpc) is 3.44. The summed E-state index contributed by atoms with van der Waals surface area (Å²) in [6.45, 7) is 1.17. The molecule has 2 amide bonds. The predicted octanol–water partition coefficient (Wildman–Crippen LogP) is 3.79. The van der Waals surface area contributed by atoms with Gasteiger partial charge in [-0.05, 0) is 49.2 Å². The molecule has 1 fully saturated rings. The normalized spacial score (nSPS) is 20.7. The highest BCUT2D eigenvalue weighted by Gasteiger charge is 2.42. The second-order valence-corrected chi connectivity index (χ2v) is 8.07. The van der Waals surface area contributed by atoms with E-state index in [9.17, 15) is 9.59 Å². The van der Waals surface area contributed by atoms with Crippen molar-refractivity contribution in [1.29, 1.82) is 0 Å². The number of carbonyl (C=O) groups is 2. The topological polar surface area (TPSA) is 76.5 Å². The number of carbonyl (C=O) groups excluding carboxylic acids is 2. The van der Waals surface area contributed by atoms with Gasteiger partial charge in [-0.1, -0.05) is 23.7 Å². The molecule has 0 saturated carbocycles. The molecule has 1 N–H and O–H groups in total. The molecule has 2 atom stereocenters. The van der Waals surface area contributed by atoms with Crippen LogP contribution in [0.25, 0.3) is 11.0 Å². The number of benzene rings is 2. The second-order valence-electron chi connectivity index (χ2n) is 7.63. The van der Waals surface area contributed by atoms with Crippen molar-refractivity contribution in [2.75, 3.05) is 23.4 Å². The molecule has 5 rings (SSSR count). The number of aromatic nitrogens is 2. The van der Waals surface area contributed by atoms with E-state index in [2.05, 4.69) is 10.3 Å². The Balaban J connectivity index is 1.43. The number of nitrogens with zero attached hydrogens (tertiary/aromatic N) is 3. The number of amides is 2. The summed E-state index contributed by atoms with van der Waals surface area (Å²) in [7, 11) is 0. The van der Waals surface area contributed by atoms with Crippen LogP contribution in [-0.2, 0) is 14.3 Å². The Bertz CT molecular complexity index is 1110. The van der Waals surface area contributed by atoms with Gasteiger partial charge in [0.2, 0.25) is 11.9 Å². The molecule has 2 aromatic carbocycles. The van der Waals surface area contributed by atoms with Crippen LogP contribution < -0.4 is 10.2 Å². The van der Waals surface area contributed by atoms with Crippen molar-refractivity contribution >= 4 is 46.1 Å². The molecule has 0 spiro atoms. The van der Waals surface area contributed by atoms with Gasteiger partial charge in [0.05, 0.1) is 30.1 Å². The van der Waals surface area contributed by atoms with Crippen LogP contribution >= 0.6 is 11.6 Å². The molecule has 3 aromatic rings. The van der Waals surface area contributed by atoms with Crippen molar-refractivity contribution < 1.29 is 14.3 Å². The van der Waals surface area contributed by atoms with Crippen LogP contribution in [-0.4, -0.2) is 40.6 Å². The lowest BCUT2D eigenvalue weighted by Gasteiger charge is -2.19. The molecule has 0 aliphatic carbocycles. The van der Waals surface area contributed by atoms with Crippen LogP contribution in [0, 0.1) is 0 Å². The molecule has 3 heterocycles. The highest BCUT2D eigenvalue weighted by molar-refractivity contribution is 6.30. The first-order valence-electron chi connectivity index (χ1n) is 10.1. The van der Waals surface area contributed by atoms with Crippen LogP contribution in [0.15, 0.2) is 48.5 Å². The summed E-state index contributed by atoms with van der Waals surface area (Å²) in [5.41, 5.74) is 2.29. The maximum absolute atomic E-state index is 13.3. The number of anilines is 2. The Labute approximate surface area is 178 Å². The highest BCUT2D eigenvalue weighted by atomic mass is 35.5. The van der Waals surface area contributed by atoms with Crippen molar-refractivity contribution in [2.24, 2.45) is 0 Å². The number of hydrogen-bond donors (Lipinski definition) is 1. The van der Waals surface area contributed by atoms with Gasteiger partial charge in [0.25, 0.3) is 5.91 Å². The van der Waals surface area contributed by atoms with Gasteiger partial charge in [-0.15, -0.1) is 0 Å². The highest BCUT2D eigenvalue weighted by Crippen LogP contribution is 2.37. The van der Waals surface area contributed by atoms with E-state index in [0.29, 0.717) is 23.2 Å². The van der Waals surface area contributed by atoms with Gasteiger partial charge in [0.1, 0.15) is 6.04 Å².